The predicted octanol–water partition coefficient (Wildman–Crippen LogP) is 7.39. The molecule has 6 rings (SSSR count). The summed E-state index contributed by atoms with van der Waals surface area (Å²) in [5.41, 5.74) is 4.25. The van der Waals surface area contributed by atoms with E-state index in [-0.39, 0.29) is 0 Å². The van der Waals surface area contributed by atoms with E-state index in [0.29, 0.717) is 13.3 Å². The van der Waals surface area contributed by atoms with Gasteiger partial charge < -0.3 is 9.64 Å². The lowest BCUT2D eigenvalue weighted by Gasteiger charge is -2.50. The lowest BCUT2D eigenvalue weighted by Crippen LogP contribution is -2.56. The highest BCUT2D eigenvalue weighted by molar-refractivity contribution is 5.71. The first-order valence-corrected chi connectivity index (χ1v) is 13.0. The van der Waals surface area contributed by atoms with E-state index in [1.54, 1.807) is 0 Å². The van der Waals surface area contributed by atoms with E-state index in [0.717, 1.165) is 27.8 Å². The topological polar surface area (TPSA) is 24.8 Å². The van der Waals surface area contributed by atoms with Crippen molar-refractivity contribution in [1.82, 2.24) is 4.90 Å². The van der Waals surface area contributed by atoms with Gasteiger partial charge in [0.25, 0.3) is 0 Å². The van der Waals surface area contributed by atoms with Gasteiger partial charge in [-0.2, -0.15) is 0 Å². The van der Waals surface area contributed by atoms with Crippen LogP contribution in [0.1, 0.15) is 27.8 Å². The lowest BCUT2D eigenvalue weighted by molar-refractivity contribution is 0.00581. The van der Waals surface area contributed by atoms with Crippen LogP contribution >= 0.6 is 0 Å². The Morgan fingerprint density at radius 2 is 0.895 bits per heavy atom. The van der Waals surface area contributed by atoms with Crippen LogP contribution in [-0.2, 0) is 22.4 Å². The molecule has 5 aromatic rings. The van der Waals surface area contributed by atoms with E-state index in [1.165, 1.54) is 0 Å². The quantitative estimate of drug-likeness (QED) is 0.225. The average Bonchev–Trinajstić information content (AvgIpc) is 3.36. The van der Waals surface area contributed by atoms with E-state index in [9.17, 15) is 0 Å². The summed E-state index contributed by atoms with van der Waals surface area (Å²) in [5.74, 6) is 0. The second kappa shape index (κ2) is 10.5. The van der Waals surface area contributed by atoms with Crippen LogP contribution in [0.25, 0.3) is 0 Å². The van der Waals surface area contributed by atoms with Gasteiger partial charge in [0.2, 0.25) is 0 Å². The highest BCUT2D eigenvalue weighted by Gasteiger charge is 2.62. The number of nitrogens with zero attached hydrogens (tertiary/aromatic N) is 2. The van der Waals surface area contributed by atoms with Crippen LogP contribution in [0, 0.1) is 0 Å². The highest BCUT2D eigenvalue weighted by Crippen LogP contribution is 2.57. The molecule has 186 valence electrons. The minimum atomic E-state index is -0.756. The lowest BCUT2D eigenvalue weighted by atomic mass is 9.62. The van der Waals surface area contributed by atoms with Crippen molar-refractivity contribution in [3.8, 4) is 0 Å². The maximum atomic E-state index is 6.40. The van der Waals surface area contributed by atoms with E-state index in [4.69, 9.17) is 9.73 Å². The van der Waals surface area contributed by atoms with E-state index >= 15 is 0 Å². The molecule has 0 N–H and O–H groups in total. The molecule has 0 aromatic heterocycles. The van der Waals surface area contributed by atoms with Crippen molar-refractivity contribution in [2.45, 2.75) is 17.7 Å². The molecule has 0 aliphatic carbocycles. The van der Waals surface area contributed by atoms with Crippen LogP contribution in [0.4, 0.5) is 0 Å². The second-order valence-corrected chi connectivity index (χ2v) is 9.56. The smallest absolute Gasteiger partial charge is 0.144 e. The summed E-state index contributed by atoms with van der Waals surface area (Å²) in [5, 5.41) is 0. The van der Waals surface area contributed by atoms with Gasteiger partial charge in [0, 0.05) is 0 Å². The molecule has 0 atom stereocenters. The Morgan fingerprint density at radius 1 is 0.500 bits per heavy atom. The van der Waals surface area contributed by atoms with Crippen molar-refractivity contribution in [3.63, 3.8) is 0 Å². The Kier molecular flexibility index (Phi) is 6.60. The molecule has 38 heavy (non-hydrogen) atoms. The van der Waals surface area contributed by atoms with Gasteiger partial charge in [-0.15, -0.1) is 0 Å². The largest absolute Gasteiger partial charge is 0.356 e. The molecular weight excluding hydrogens is 464 g/mol. The van der Waals surface area contributed by atoms with Gasteiger partial charge in [0.05, 0.1) is 12.9 Å². The number of benzene rings is 5. The summed E-state index contributed by atoms with van der Waals surface area (Å²) >= 11 is 0. The number of aliphatic imine (C=N–C) groups is 1. The Labute approximate surface area is 224 Å². The van der Waals surface area contributed by atoms with E-state index < -0.39 is 11.1 Å². The minimum Gasteiger partial charge on any atom is -0.356 e. The van der Waals surface area contributed by atoms with Gasteiger partial charge in [-0.1, -0.05) is 152 Å². The standard InChI is InChI=1S/C35H30N2O/c1-6-16-29(17-7-1)26-38-28-37-27-36-34(30-18-8-2-9-19-30,31-20-10-3-11-21-31)35(37,32-22-12-4-13-23-32)33-24-14-5-15-25-33/h1-25,27H,26,28H2. The summed E-state index contributed by atoms with van der Waals surface area (Å²) in [6.45, 7) is 0.901. The van der Waals surface area contributed by atoms with Crippen LogP contribution in [0.5, 0.6) is 0 Å². The van der Waals surface area contributed by atoms with Crippen molar-refractivity contribution in [2.24, 2.45) is 4.99 Å². The third kappa shape index (κ3) is 3.93. The molecule has 0 amide bonds. The predicted molar refractivity (Wildman–Crippen MR) is 154 cm³/mol. The van der Waals surface area contributed by atoms with Gasteiger partial charge in [-0.25, -0.2) is 0 Å². The van der Waals surface area contributed by atoms with Crippen LogP contribution in [0.15, 0.2) is 157 Å². The molecule has 0 fully saturated rings. The van der Waals surface area contributed by atoms with Gasteiger partial charge in [0.1, 0.15) is 17.8 Å². The van der Waals surface area contributed by atoms with Crippen LogP contribution in [0.2, 0.25) is 0 Å². The molecule has 1 heterocycles. The Balaban J connectivity index is 1.60. The molecule has 1 aliphatic rings. The fraction of sp³-hybridized carbons (Fsp3) is 0.114. The van der Waals surface area contributed by atoms with Gasteiger partial charge in [-0.05, 0) is 27.8 Å². The molecule has 0 spiro atoms. The van der Waals surface area contributed by atoms with Crippen LogP contribution in [-0.4, -0.2) is 18.0 Å². The maximum absolute atomic E-state index is 6.40. The normalized spacial score (nSPS) is 15.4. The third-order valence-corrected chi connectivity index (χ3v) is 7.45. The summed E-state index contributed by atoms with van der Waals surface area (Å²) in [7, 11) is 0. The molecule has 0 bridgehead atoms. The number of rotatable bonds is 8. The van der Waals surface area contributed by atoms with E-state index in [2.05, 4.69) is 138 Å². The Morgan fingerprint density at radius 3 is 1.34 bits per heavy atom. The minimum absolute atomic E-state index is 0.379. The van der Waals surface area contributed by atoms with Crippen LogP contribution in [0.3, 0.4) is 0 Å². The zero-order chi connectivity index (χ0) is 25.7. The molecule has 5 aromatic carbocycles. The molecular formula is C35H30N2O. The molecule has 3 heteroatoms. The van der Waals surface area contributed by atoms with Crippen molar-refractivity contribution >= 4 is 6.34 Å². The Bertz CT molecular complexity index is 1390. The first-order valence-electron chi connectivity index (χ1n) is 13.0. The molecule has 0 radical (unpaired) electrons. The van der Waals surface area contributed by atoms with Gasteiger partial charge in [-0.3, -0.25) is 4.99 Å². The fourth-order valence-corrected chi connectivity index (χ4v) is 5.88. The molecule has 0 unspecified atom stereocenters. The average molecular weight is 495 g/mol. The van der Waals surface area contributed by atoms with Gasteiger partial charge in [0.15, 0.2) is 0 Å². The van der Waals surface area contributed by atoms with Crippen molar-refractivity contribution in [1.29, 1.82) is 0 Å². The number of hydrogen-bond donors (Lipinski definition) is 0. The molecule has 1 aliphatic heterocycles. The third-order valence-electron chi connectivity index (χ3n) is 7.45. The summed E-state index contributed by atoms with van der Waals surface area (Å²) in [4.78, 5) is 7.72. The van der Waals surface area contributed by atoms with Crippen LogP contribution < -0.4 is 0 Å². The highest BCUT2D eigenvalue weighted by atomic mass is 16.5. The first-order chi connectivity index (χ1) is 18.9. The number of hydrogen-bond acceptors (Lipinski definition) is 3. The summed E-state index contributed by atoms with van der Waals surface area (Å²) in [6.07, 6.45) is 1.99. The fourth-order valence-electron chi connectivity index (χ4n) is 5.88. The SMILES string of the molecule is C1=NC(c2ccccc2)(c2ccccc2)C(c2ccccc2)(c2ccccc2)N1COCc1ccccc1. The molecule has 0 saturated heterocycles. The summed E-state index contributed by atoms with van der Waals surface area (Å²) < 4.78 is 6.40. The number of ether oxygens (including phenoxy) is 1. The maximum Gasteiger partial charge on any atom is 0.144 e. The van der Waals surface area contributed by atoms with Crippen molar-refractivity contribution in [3.05, 3.63) is 179 Å². The molecule has 0 saturated carbocycles. The zero-order valence-corrected chi connectivity index (χ0v) is 21.2. The molecule has 3 nitrogen and oxygen atoms in total. The first kappa shape index (κ1) is 23.9. The van der Waals surface area contributed by atoms with Crippen molar-refractivity contribution < 1.29 is 4.74 Å². The van der Waals surface area contributed by atoms with Crippen molar-refractivity contribution in [2.75, 3.05) is 6.73 Å². The van der Waals surface area contributed by atoms with Gasteiger partial charge >= 0.3 is 0 Å². The second-order valence-electron chi connectivity index (χ2n) is 9.56. The summed E-state index contributed by atoms with van der Waals surface area (Å²) in [6, 6.07) is 53.1. The van der Waals surface area contributed by atoms with E-state index in [1.807, 2.05) is 24.5 Å². The monoisotopic (exact) mass is 494 g/mol. The Hall–Kier alpha value is -4.47. The zero-order valence-electron chi connectivity index (χ0n) is 21.2.